The summed E-state index contributed by atoms with van der Waals surface area (Å²) in [6.45, 7) is 0. The third-order valence-corrected chi connectivity index (χ3v) is 5.10. The third-order valence-electron chi connectivity index (χ3n) is 5.10. The SMILES string of the molecule is COc1ccccc1C=CC1=NN(c2cccc(F)c2)C(c2ccccc2OC)C1. The van der Waals surface area contributed by atoms with Crippen LogP contribution in [0.15, 0.2) is 84.0 Å². The number of hydrazone groups is 1. The van der Waals surface area contributed by atoms with Gasteiger partial charge in [-0.15, -0.1) is 0 Å². The molecule has 1 aliphatic heterocycles. The number of hydrogen-bond acceptors (Lipinski definition) is 4. The van der Waals surface area contributed by atoms with Gasteiger partial charge in [0.2, 0.25) is 0 Å². The summed E-state index contributed by atoms with van der Waals surface area (Å²) in [4.78, 5) is 0. The number of allylic oxidation sites excluding steroid dienone is 1. The Morgan fingerprint density at radius 3 is 2.40 bits per heavy atom. The third kappa shape index (κ3) is 4.06. The maximum atomic E-state index is 13.9. The highest BCUT2D eigenvalue weighted by Crippen LogP contribution is 2.39. The maximum absolute atomic E-state index is 13.9. The molecule has 0 aliphatic carbocycles. The quantitative estimate of drug-likeness (QED) is 0.518. The number of halogens is 1. The van der Waals surface area contributed by atoms with Gasteiger partial charge < -0.3 is 9.47 Å². The van der Waals surface area contributed by atoms with Gasteiger partial charge in [0, 0.05) is 17.5 Å². The predicted octanol–water partition coefficient (Wildman–Crippen LogP) is 5.86. The molecule has 0 spiro atoms. The van der Waals surface area contributed by atoms with E-state index in [0.717, 1.165) is 28.3 Å². The normalized spacial score (nSPS) is 16.0. The van der Waals surface area contributed by atoms with E-state index in [1.807, 2.05) is 71.8 Å². The van der Waals surface area contributed by atoms with Gasteiger partial charge in [0.15, 0.2) is 0 Å². The van der Waals surface area contributed by atoms with Crippen molar-refractivity contribution in [3.63, 3.8) is 0 Å². The molecule has 0 N–H and O–H groups in total. The van der Waals surface area contributed by atoms with Crippen LogP contribution < -0.4 is 14.5 Å². The van der Waals surface area contributed by atoms with Crippen LogP contribution in [0, 0.1) is 5.82 Å². The molecule has 0 amide bonds. The minimum Gasteiger partial charge on any atom is -0.496 e. The summed E-state index contributed by atoms with van der Waals surface area (Å²) in [6.07, 6.45) is 4.65. The van der Waals surface area contributed by atoms with E-state index in [4.69, 9.17) is 14.6 Å². The summed E-state index contributed by atoms with van der Waals surface area (Å²) in [5.74, 6) is 1.30. The lowest BCUT2D eigenvalue weighted by molar-refractivity contribution is 0.405. The summed E-state index contributed by atoms with van der Waals surface area (Å²) < 4.78 is 24.9. The van der Waals surface area contributed by atoms with E-state index in [1.165, 1.54) is 12.1 Å². The Hall–Kier alpha value is -3.60. The van der Waals surface area contributed by atoms with E-state index in [1.54, 1.807) is 20.3 Å². The largest absolute Gasteiger partial charge is 0.496 e. The Kier molecular flexibility index (Phi) is 5.80. The molecule has 5 heteroatoms. The van der Waals surface area contributed by atoms with Gasteiger partial charge in [-0.25, -0.2) is 4.39 Å². The first kappa shape index (κ1) is 19.7. The zero-order valence-electron chi connectivity index (χ0n) is 17.0. The molecular formula is C25H23FN2O2. The van der Waals surface area contributed by atoms with E-state index in [9.17, 15) is 4.39 Å². The number of anilines is 1. The van der Waals surface area contributed by atoms with E-state index in [2.05, 4.69) is 0 Å². The fraction of sp³-hybridized carbons (Fsp3) is 0.160. The lowest BCUT2D eigenvalue weighted by atomic mass is 9.99. The van der Waals surface area contributed by atoms with Gasteiger partial charge in [0.1, 0.15) is 17.3 Å². The van der Waals surface area contributed by atoms with Gasteiger partial charge in [0.05, 0.1) is 31.7 Å². The summed E-state index contributed by atoms with van der Waals surface area (Å²) >= 11 is 0. The number of hydrogen-bond donors (Lipinski definition) is 0. The topological polar surface area (TPSA) is 34.1 Å². The predicted molar refractivity (Wildman–Crippen MR) is 119 cm³/mol. The van der Waals surface area contributed by atoms with Crippen molar-refractivity contribution in [3.8, 4) is 11.5 Å². The molecule has 30 heavy (non-hydrogen) atoms. The minimum absolute atomic E-state index is 0.0970. The molecule has 0 fully saturated rings. The number of rotatable bonds is 6. The second-order valence-corrected chi connectivity index (χ2v) is 6.95. The molecule has 4 rings (SSSR count). The number of nitrogens with zero attached hydrogens (tertiary/aromatic N) is 2. The smallest absolute Gasteiger partial charge is 0.126 e. The molecule has 1 atom stereocenters. The molecule has 152 valence electrons. The Balaban J connectivity index is 1.71. The summed E-state index contributed by atoms with van der Waals surface area (Å²) in [7, 11) is 3.31. The van der Waals surface area contributed by atoms with Crippen molar-refractivity contribution in [1.82, 2.24) is 0 Å². The molecule has 0 saturated heterocycles. The zero-order valence-corrected chi connectivity index (χ0v) is 17.0. The van der Waals surface area contributed by atoms with Gasteiger partial charge in [-0.05, 0) is 42.5 Å². The van der Waals surface area contributed by atoms with Crippen molar-refractivity contribution in [1.29, 1.82) is 0 Å². The van der Waals surface area contributed by atoms with Gasteiger partial charge in [-0.2, -0.15) is 5.10 Å². The second-order valence-electron chi connectivity index (χ2n) is 6.95. The van der Waals surface area contributed by atoms with Crippen LogP contribution in [-0.2, 0) is 0 Å². The van der Waals surface area contributed by atoms with Crippen molar-refractivity contribution in [2.24, 2.45) is 5.10 Å². The summed E-state index contributed by atoms with van der Waals surface area (Å²) in [5.41, 5.74) is 3.57. The molecule has 3 aromatic rings. The number of para-hydroxylation sites is 2. The van der Waals surface area contributed by atoms with Crippen LogP contribution in [0.25, 0.3) is 6.08 Å². The Morgan fingerprint density at radius 1 is 0.900 bits per heavy atom. The molecule has 0 aromatic heterocycles. The zero-order chi connectivity index (χ0) is 20.9. The first-order valence-corrected chi connectivity index (χ1v) is 9.76. The molecule has 0 bridgehead atoms. The first-order chi connectivity index (χ1) is 14.7. The summed E-state index contributed by atoms with van der Waals surface area (Å²) in [6, 6.07) is 22.1. The molecule has 1 heterocycles. The number of ether oxygens (including phenoxy) is 2. The van der Waals surface area contributed by atoms with Crippen molar-refractivity contribution in [3.05, 3.63) is 95.8 Å². The first-order valence-electron chi connectivity index (χ1n) is 9.76. The monoisotopic (exact) mass is 402 g/mol. The fourth-order valence-electron chi connectivity index (χ4n) is 3.66. The molecule has 3 aromatic carbocycles. The molecule has 0 radical (unpaired) electrons. The van der Waals surface area contributed by atoms with Crippen LogP contribution >= 0.6 is 0 Å². The van der Waals surface area contributed by atoms with E-state index in [0.29, 0.717) is 12.1 Å². The van der Waals surface area contributed by atoms with E-state index in [-0.39, 0.29) is 11.9 Å². The van der Waals surface area contributed by atoms with Gasteiger partial charge in [-0.1, -0.05) is 42.5 Å². The number of benzene rings is 3. The van der Waals surface area contributed by atoms with Crippen molar-refractivity contribution < 1.29 is 13.9 Å². The van der Waals surface area contributed by atoms with Crippen LogP contribution in [0.5, 0.6) is 11.5 Å². The van der Waals surface area contributed by atoms with Gasteiger partial charge in [0.25, 0.3) is 0 Å². The molecule has 1 unspecified atom stereocenters. The second kappa shape index (κ2) is 8.82. The lowest BCUT2D eigenvalue weighted by Gasteiger charge is -2.25. The van der Waals surface area contributed by atoms with Gasteiger partial charge in [-0.3, -0.25) is 5.01 Å². The number of methoxy groups -OCH3 is 2. The van der Waals surface area contributed by atoms with Crippen LogP contribution in [0.3, 0.4) is 0 Å². The molecule has 0 saturated carbocycles. The van der Waals surface area contributed by atoms with Crippen molar-refractivity contribution in [2.75, 3.05) is 19.2 Å². The van der Waals surface area contributed by atoms with E-state index < -0.39 is 0 Å². The van der Waals surface area contributed by atoms with Crippen molar-refractivity contribution >= 4 is 17.5 Å². The standard InChI is InChI=1S/C25H23FN2O2/c1-29-24-12-5-3-8-18(24)14-15-20-17-23(22-11-4-6-13-25(22)30-2)28(27-20)21-10-7-9-19(26)16-21/h3-16,23H,17H2,1-2H3. The summed E-state index contributed by atoms with van der Waals surface area (Å²) in [5, 5.41) is 6.67. The maximum Gasteiger partial charge on any atom is 0.126 e. The molecule has 1 aliphatic rings. The molecular weight excluding hydrogens is 379 g/mol. The average Bonchev–Trinajstić information content (AvgIpc) is 3.22. The highest BCUT2D eigenvalue weighted by atomic mass is 19.1. The lowest BCUT2D eigenvalue weighted by Crippen LogP contribution is -2.19. The molecule has 4 nitrogen and oxygen atoms in total. The van der Waals surface area contributed by atoms with Crippen LogP contribution in [0.2, 0.25) is 0 Å². The van der Waals surface area contributed by atoms with Crippen LogP contribution in [-0.4, -0.2) is 19.9 Å². The van der Waals surface area contributed by atoms with E-state index >= 15 is 0 Å². The Bertz CT molecular complexity index is 1090. The Morgan fingerprint density at radius 2 is 1.63 bits per heavy atom. The highest BCUT2D eigenvalue weighted by molar-refractivity contribution is 6.01. The van der Waals surface area contributed by atoms with Crippen LogP contribution in [0.1, 0.15) is 23.6 Å². The van der Waals surface area contributed by atoms with Gasteiger partial charge >= 0.3 is 0 Å². The fourth-order valence-corrected chi connectivity index (χ4v) is 3.66. The van der Waals surface area contributed by atoms with Crippen molar-refractivity contribution in [2.45, 2.75) is 12.5 Å². The minimum atomic E-state index is -0.292. The average molecular weight is 402 g/mol. The Labute approximate surface area is 175 Å². The highest BCUT2D eigenvalue weighted by Gasteiger charge is 2.30. The van der Waals surface area contributed by atoms with Crippen LogP contribution in [0.4, 0.5) is 10.1 Å².